The molecule has 9 heteroatoms. The first kappa shape index (κ1) is 24.4. The molecule has 1 aromatic carbocycles. The zero-order chi connectivity index (χ0) is 21.3. The van der Waals surface area contributed by atoms with Gasteiger partial charge in [-0.1, -0.05) is 25.1 Å². The van der Waals surface area contributed by atoms with E-state index in [1.165, 1.54) is 6.33 Å². The first-order valence-corrected chi connectivity index (χ1v) is 9.78. The fourth-order valence-corrected chi connectivity index (χ4v) is 2.99. The number of pyridine rings is 1. The first-order chi connectivity index (χ1) is 14.6. The smallest absolute Gasteiger partial charge is 0.129 e. The van der Waals surface area contributed by atoms with Crippen LogP contribution in [0.25, 0.3) is 11.3 Å². The summed E-state index contributed by atoms with van der Waals surface area (Å²) in [6, 6.07) is 13.6. The molecule has 8 nitrogen and oxygen atoms in total. The van der Waals surface area contributed by atoms with Crippen molar-refractivity contribution >= 4 is 25.1 Å². The van der Waals surface area contributed by atoms with Crippen molar-refractivity contribution in [2.24, 2.45) is 0 Å². The topological polar surface area (TPSA) is 112 Å². The number of hydrogen-bond acceptors (Lipinski definition) is 8. The van der Waals surface area contributed by atoms with Crippen molar-refractivity contribution < 1.29 is 14.9 Å². The summed E-state index contributed by atoms with van der Waals surface area (Å²) in [4.78, 5) is 13.0. The second-order valence-electron chi connectivity index (χ2n) is 6.96. The Kier molecular flexibility index (Phi) is 9.51. The third-order valence-corrected chi connectivity index (χ3v) is 4.72. The van der Waals surface area contributed by atoms with E-state index in [-0.39, 0.29) is 32.6 Å². The molecule has 0 aliphatic heterocycles. The minimum Gasteiger partial charge on any atom is -0.496 e. The number of anilines is 2. The fourth-order valence-electron chi connectivity index (χ4n) is 2.99. The number of ether oxygens (including phenoxy) is 1. The Hall–Kier alpha value is -2.88. The van der Waals surface area contributed by atoms with E-state index in [0.717, 1.165) is 28.4 Å². The number of aromatic nitrogens is 3. The monoisotopic (exact) mass is 443 g/mol. The molecule has 0 bridgehead atoms. The van der Waals surface area contributed by atoms with Gasteiger partial charge in [0.15, 0.2) is 0 Å². The van der Waals surface area contributed by atoms with Gasteiger partial charge in [0.25, 0.3) is 0 Å². The maximum atomic E-state index is 9.40. The predicted molar refractivity (Wildman–Crippen MR) is 127 cm³/mol. The van der Waals surface area contributed by atoms with E-state index >= 15 is 0 Å². The number of rotatable bonds is 10. The predicted octanol–water partition coefficient (Wildman–Crippen LogP) is 2.64. The van der Waals surface area contributed by atoms with Crippen LogP contribution in [0.5, 0.6) is 5.75 Å². The third kappa shape index (κ3) is 6.81. The molecule has 0 radical (unpaired) electrons. The highest BCUT2D eigenvalue weighted by atomic mass is 32.1. The maximum absolute atomic E-state index is 9.40. The number of aliphatic hydroxyl groups is 2. The molecule has 0 unspecified atom stereocenters. The highest BCUT2D eigenvalue weighted by molar-refractivity contribution is 7.59. The zero-order valence-electron chi connectivity index (χ0n) is 17.6. The Balaban J connectivity index is 0.00000341. The first-order valence-electron chi connectivity index (χ1n) is 9.78. The van der Waals surface area contributed by atoms with Crippen molar-refractivity contribution in [3.8, 4) is 17.0 Å². The summed E-state index contributed by atoms with van der Waals surface area (Å²) in [7, 11) is 1.68. The van der Waals surface area contributed by atoms with Crippen LogP contribution in [-0.2, 0) is 0 Å². The minimum atomic E-state index is -0.819. The van der Waals surface area contributed by atoms with Crippen LogP contribution >= 0.6 is 13.5 Å². The number of nitrogens with one attached hydrogen (secondary N) is 2. The number of aliphatic hydroxyl groups excluding tert-OH is 2. The average molecular weight is 444 g/mol. The lowest BCUT2D eigenvalue weighted by atomic mass is 10.00. The summed E-state index contributed by atoms with van der Waals surface area (Å²) < 4.78 is 5.45. The molecule has 0 saturated carbocycles. The Morgan fingerprint density at radius 3 is 2.48 bits per heavy atom. The van der Waals surface area contributed by atoms with Gasteiger partial charge in [0.2, 0.25) is 0 Å². The molecule has 0 spiro atoms. The van der Waals surface area contributed by atoms with E-state index in [1.807, 2.05) is 30.3 Å². The molecule has 3 aromatic rings. The summed E-state index contributed by atoms with van der Waals surface area (Å²) in [5, 5.41) is 24.6. The van der Waals surface area contributed by atoms with Gasteiger partial charge in [0.05, 0.1) is 25.5 Å². The number of para-hydroxylation sites is 1. The van der Waals surface area contributed by atoms with Gasteiger partial charge < -0.3 is 25.6 Å². The van der Waals surface area contributed by atoms with Gasteiger partial charge in [-0.05, 0) is 23.8 Å². The Morgan fingerprint density at radius 1 is 1.00 bits per heavy atom. The van der Waals surface area contributed by atoms with Crippen LogP contribution in [0.3, 0.4) is 0 Å². The second kappa shape index (κ2) is 12.1. The van der Waals surface area contributed by atoms with Gasteiger partial charge in [-0.3, -0.25) is 0 Å². The number of benzene rings is 1. The molecular formula is C22H29N5O3S. The molecule has 31 heavy (non-hydrogen) atoms. The van der Waals surface area contributed by atoms with Gasteiger partial charge in [0, 0.05) is 36.8 Å². The highest BCUT2D eigenvalue weighted by Crippen LogP contribution is 2.26. The van der Waals surface area contributed by atoms with Crippen LogP contribution in [0.2, 0.25) is 0 Å². The molecule has 166 valence electrons. The summed E-state index contributed by atoms with van der Waals surface area (Å²) in [6.07, 6.45) is 2.41. The van der Waals surface area contributed by atoms with Crippen molar-refractivity contribution in [3.63, 3.8) is 0 Å². The summed E-state index contributed by atoms with van der Waals surface area (Å²) in [5.41, 5.74) is 2.75. The van der Waals surface area contributed by atoms with Crippen molar-refractivity contribution in [1.82, 2.24) is 15.0 Å². The summed E-state index contributed by atoms with van der Waals surface area (Å²) in [5.74, 6) is 2.46. The molecule has 4 N–H and O–H groups in total. The highest BCUT2D eigenvalue weighted by Gasteiger charge is 2.11. The lowest BCUT2D eigenvalue weighted by Crippen LogP contribution is -2.23. The van der Waals surface area contributed by atoms with Crippen LogP contribution in [0.15, 0.2) is 55.0 Å². The SMILES string of the molecule is COc1ccccc1[C@H](C)CNc1cc(-c2ccc(NC[C@H](O)CO)nc2)ncn1.S. The van der Waals surface area contributed by atoms with Crippen molar-refractivity contribution in [3.05, 3.63) is 60.6 Å². The largest absolute Gasteiger partial charge is 0.496 e. The van der Waals surface area contributed by atoms with Crippen molar-refractivity contribution in [2.45, 2.75) is 18.9 Å². The van der Waals surface area contributed by atoms with Crippen LogP contribution in [0.1, 0.15) is 18.4 Å². The van der Waals surface area contributed by atoms with Gasteiger partial charge in [0.1, 0.15) is 23.7 Å². The maximum Gasteiger partial charge on any atom is 0.129 e. The molecule has 2 aromatic heterocycles. The normalized spacial score (nSPS) is 12.4. The Morgan fingerprint density at radius 2 is 1.77 bits per heavy atom. The van der Waals surface area contributed by atoms with E-state index in [9.17, 15) is 5.11 Å². The molecule has 0 saturated heterocycles. The Labute approximate surface area is 189 Å². The van der Waals surface area contributed by atoms with Gasteiger partial charge in [-0.2, -0.15) is 13.5 Å². The Bertz CT molecular complexity index is 942. The van der Waals surface area contributed by atoms with E-state index in [1.54, 1.807) is 19.4 Å². The van der Waals surface area contributed by atoms with Crippen LogP contribution < -0.4 is 15.4 Å². The van der Waals surface area contributed by atoms with Gasteiger partial charge in [-0.25, -0.2) is 15.0 Å². The molecule has 2 heterocycles. The van der Waals surface area contributed by atoms with E-state index in [4.69, 9.17) is 9.84 Å². The van der Waals surface area contributed by atoms with Crippen LogP contribution in [-0.4, -0.2) is 58.1 Å². The van der Waals surface area contributed by atoms with E-state index < -0.39 is 6.10 Å². The number of hydrogen-bond donors (Lipinski definition) is 4. The van der Waals surface area contributed by atoms with Crippen LogP contribution in [0.4, 0.5) is 11.6 Å². The summed E-state index contributed by atoms with van der Waals surface area (Å²) in [6.45, 7) is 2.77. The molecule has 0 aliphatic carbocycles. The molecular weight excluding hydrogens is 414 g/mol. The standard InChI is InChI=1S/C22H27N5O3.H2S/c1-15(18-5-3-4-6-20(18)30-2)10-23-22-9-19(26-14-27-22)16-7-8-21(24-11-16)25-12-17(29)13-28;/h3-9,11,14-15,17,28-29H,10,12-13H2,1-2H3,(H,24,25)(H,23,26,27);1H2/t15-,17+;/m1./s1. The molecule has 2 atom stereocenters. The van der Waals surface area contributed by atoms with E-state index in [2.05, 4.69) is 38.6 Å². The quantitative estimate of drug-likeness (QED) is 0.378. The number of nitrogens with zero attached hydrogens (tertiary/aromatic N) is 3. The minimum absolute atomic E-state index is 0. The number of methoxy groups -OCH3 is 1. The second-order valence-corrected chi connectivity index (χ2v) is 6.96. The summed E-state index contributed by atoms with van der Waals surface area (Å²) >= 11 is 0. The molecule has 0 amide bonds. The molecule has 3 rings (SSSR count). The van der Waals surface area contributed by atoms with Crippen molar-refractivity contribution in [1.29, 1.82) is 0 Å². The lowest BCUT2D eigenvalue weighted by Gasteiger charge is -2.16. The third-order valence-electron chi connectivity index (χ3n) is 4.72. The van der Waals surface area contributed by atoms with Gasteiger partial charge >= 0.3 is 0 Å². The average Bonchev–Trinajstić information content (AvgIpc) is 2.81. The molecule has 0 fully saturated rings. The van der Waals surface area contributed by atoms with Gasteiger partial charge in [-0.15, -0.1) is 0 Å². The zero-order valence-corrected chi connectivity index (χ0v) is 18.6. The van der Waals surface area contributed by atoms with Crippen molar-refractivity contribution in [2.75, 3.05) is 37.4 Å². The fraction of sp³-hybridized carbons (Fsp3) is 0.318. The molecule has 0 aliphatic rings. The van der Waals surface area contributed by atoms with Crippen LogP contribution in [0, 0.1) is 0 Å². The van der Waals surface area contributed by atoms with E-state index in [0.29, 0.717) is 12.4 Å². The lowest BCUT2D eigenvalue weighted by molar-refractivity contribution is 0.105.